The first-order valence-electron chi connectivity index (χ1n) is 14.7. The van der Waals surface area contributed by atoms with Gasteiger partial charge >= 0.3 is 11.9 Å². The van der Waals surface area contributed by atoms with Gasteiger partial charge in [-0.2, -0.15) is 0 Å². The van der Waals surface area contributed by atoms with E-state index in [2.05, 4.69) is 17.8 Å². The Balaban J connectivity index is 1.31. The van der Waals surface area contributed by atoms with Crippen molar-refractivity contribution in [1.82, 2.24) is 0 Å². The fourth-order valence-electron chi connectivity index (χ4n) is 8.28. The number of hydrogen-bond acceptors (Lipinski definition) is 12. The van der Waals surface area contributed by atoms with Crippen LogP contribution in [0.4, 0.5) is 0 Å². The van der Waals surface area contributed by atoms with Crippen LogP contribution in [0.2, 0.25) is 0 Å². The maximum Gasteiger partial charge on any atom is 0.323 e. The average molecular weight is 595 g/mol. The summed E-state index contributed by atoms with van der Waals surface area (Å²) in [6.45, 7) is 3.09. The van der Waals surface area contributed by atoms with Crippen LogP contribution in [0.5, 0.6) is 0 Å². The van der Waals surface area contributed by atoms with E-state index < -0.39 is 59.0 Å². The summed E-state index contributed by atoms with van der Waals surface area (Å²) in [5, 5.41) is 32.4. The highest BCUT2D eigenvalue weighted by Gasteiger charge is 2.68. The minimum atomic E-state index is -1.79. The molecule has 8 atom stereocenters. The number of fused-ring (bicyclic) bond motifs is 5. The number of unbranched alkanes of at least 4 members (excludes halogenated alkanes) is 1. The smallest absolute Gasteiger partial charge is 0.323 e. The van der Waals surface area contributed by atoms with Crippen molar-refractivity contribution >= 4 is 23.5 Å². The van der Waals surface area contributed by atoms with Gasteiger partial charge in [0.2, 0.25) is 5.78 Å². The van der Waals surface area contributed by atoms with E-state index in [0.29, 0.717) is 38.5 Å². The van der Waals surface area contributed by atoms with Crippen LogP contribution in [0.25, 0.3) is 0 Å². The van der Waals surface area contributed by atoms with E-state index in [0.717, 1.165) is 5.57 Å². The number of carbonyl (C=O) groups excluding carboxylic acids is 4. The predicted molar refractivity (Wildman–Crippen MR) is 145 cm³/mol. The molecule has 0 aromatic carbocycles. The molecule has 234 valence electrons. The summed E-state index contributed by atoms with van der Waals surface area (Å²) in [5.74, 6) is -2.23. The molecule has 3 fully saturated rings. The number of ether oxygens (including phenoxy) is 2. The van der Waals surface area contributed by atoms with Gasteiger partial charge in [0.1, 0.15) is 17.4 Å². The molecule has 0 heterocycles. The molecule has 4 N–H and O–H groups in total. The summed E-state index contributed by atoms with van der Waals surface area (Å²) >= 11 is 0. The van der Waals surface area contributed by atoms with E-state index >= 15 is 0 Å². The normalized spacial score (nSPS) is 36.0. The van der Waals surface area contributed by atoms with E-state index in [1.807, 2.05) is 6.92 Å². The van der Waals surface area contributed by atoms with E-state index in [9.17, 15) is 39.5 Å². The van der Waals surface area contributed by atoms with Crippen LogP contribution in [0.15, 0.2) is 11.6 Å². The van der Waals surface area contributed by atoms with Gasteiger partial charge in [-0.1, -0.05) is 25.5 Å². The lowest BCUT2D eigenvalue weighted by molar-refractivity contribution is -0.757. The number of nitrogens with two attached hydrogens (primary N) is 1. The van der Waals surface area contributed by atoms with Crippen LogP contribution in [0.1, 0.15) is 78.1 Å². The van der Waals surface area contributed by atoms with Crippen LogP contribution in [0.3, 0.4) is 0 Å². The molecule has 13 heteroatoms. The van der Waals surface area contributed by atoms with Crippen LogP contribution in [-0.4, -0.2) is 76.4 Å². The molecule has 1 unspecified atom stereocenters. The third-order valence-electron chi connectivity index (χ3n) is 10.5. The number of aliphatic hydroxyl groups excluding tert-OH is 1. The van der Waals surface area contributed by atoms with Crippen molar-refractivity contribution < 1.29 is 48.8 Å². The van der Waals surface area contributed by atoms with Crippen molar-refractivity contribution in [3.05, 3.63) is 21.8 Å². The highest BCUT2D eigenvalue weighted by atomic mass is 16.9. The third-order valence-corrected chi connectivity index (χ3v) is 10.5. The van der Waals surface area contributed by atoms with Crippen molar-refractivity contribution in [1.29, 1.82) is 0 Å². The molecule has 0 aromatic heterocycles. The quantitative estimate of drug-likeness (QED) is 0.0968. The van der Waals surface area contributed by atoms with Crippen molar-refractivity contribution in [3.8, 4) is 0 Å². The maximum absolute atomic E-state index is 13.4. The van der Waals surface area contributed by atoms with Crippen molar-refractivity contribution in [3.63, 3.8) is 0 Å². The molecule has 3 saturated carbocycles. The fourth-order valence-corrected chi connectivity index (χ4v) is 8.28. The summed E-state index contributed by atoms with van der Waals surface area (Å²) in [6.07, 6.45) is 4.70. The zero-order chi connectivity index (χ0) is 30.9. The zero-order valence-corrected chi connectivity index (χ0v) is 24.2. The van der Waals surface area contributed by atoms with Gasteiger partial charge in [-0.25, -0.2) is 0 Å². The molecule has 0 radical (unpaired) electrons. The Kier molecular flexibility index (Phi) is 9.43. The summed E-state index contributed by atoms with van der Waals surface area (Å²) in [6, 6.07) is -1.33. The molecule has 0 amide bonds. The lowest BCUT2D eigenvalue weighted by atomic mass is 9.46. The van der Waals surface area contributed by atoms with E-state index in [4.69, 9.17) is 15.2 Å². The van der Waals surface area contributed by atoms with Crippen LogP contribution >= 0.6 is 0 Å². The Labute approximate surface area is 244 Å². The van der Waals surface area contributed by atoms with E-state index in [-0.39, 0.29) is 61.4 Å². The lowest BCUT2D eigenvalue weighted by Gasteiger charge is -2.59. The number of carbonyl (C=O) groups is 4. The second-order valence-corrected chi connectivity index (χ2v) is 12.8. The second kappa shape index (κ2) is 12.4. The first-order chi connectivity index (χ1) is 19.7. The lowest BCUT2D eigenvalue weighted by Crippen LogP contribution is -2.62. The Morgan fingerprint density at radius 2 is 1.90 bits per heavy atom. The minimum Gasteiger partial charge on any atom is -0.465 e. The number of nitrogens with zero attached hydrogens (tertiary/aromatic N) is 1. The standard InChI is InChI=1S/C29H42N2O11/c1-27-9-7-18(32)13-17(27)5-6-19-20-8-10-29(37,28(20,2)15-22(33)25(19)27)23(34)16-41-24(35)14-21(30)26(36)40-11-3-4-12-42-31(38)39/h5,19-22,25,33,37H,3-4,6-16,30H2,1-2H3/t19-,20-,21?,22-,25+,27-,28-,29-/m0/s1. The average Bonchev–Trinajstić information content (AvgIpc) is 3.19. The Morgan fingerprint density at radius 3 is 2.62 bits per heavy atom. The Bertz CT molecular complexity index is 1140. The van der Waals surface area contributed by atoms with Gasteiger partial charge in [-0.3, -0.25) is 19.2 Å². The molecule has 0 bridgehead atoms. The fraction of sp³-hybridized carbons (Fsp3) is 0.793. The van der Waals surface area contributed by atoms with Gasteiger partial charge in [0.15, 0.2) is 6.61 Å². The first-order valence-corrected chi connectivity index (χ1v) is 14.7. The van der Waals surface area contributed by atoms with Crippen LogP contribution in [-0.2, 0) is 33.5 Å². The molecule has 4 aliphatic rings. The number of hydrogen-bond donors (Lipinski definition) is 3. The summed E-state index contributed by atoms with van der Waals surface area (Å²) < 4.78 is 10.1. The number of rotatable bonds is 12. The zero-order valence-electron chi connectivity index (χ0n) is 24.2. The Morgan fingerprint density at radius 1 is 1.19 bits per heavy atom. The van der Waals surface area contributed by atoms with Gasteiger partial charge in [0.25, 0.3) is 5.09 Å². The van der Waals surface area contributed by atoms with Gasteiger partial charge in [0, 0.05) is 18.3 Å². The minimum absolute atomic E-state index is 0.0305. The topological polar surface area (TPSA) is 206 Å². The molecule has 42 heavy (non-hydrogen) atoms. The summed E-state index contributed by atoms with van der Waals surface area (Å²) in [7, 11) is 0. The molecule has 0 spiro atoms. The summed E-state index contributed by atoms with van der Waals surface area (Å²) in [4.78, 5) is 64.2. The van der Waals surface area contributed by atoms with Crippen LogP contribution < -0.4 is 5.73 Å². The van der Waals surface area contributed by atoms with E-state index in [1.54, 1.807) is 0 Å². The molecular formula is C29H42N2O11. The molecule has 0 aromatic rings. The van der Waals surface area contributed by atoms with Gasteiger partial charge in [0.05, 0.1) is 25.7 Å². The van der Waals surface area contributed by atoms with Gasteiger partial charge in [-0.15, -0.1) is 10.1 Å². The van der Waals surface area contributed by atoms with Crippen molar-refractivity contribution in [2.75, 3.05) is 19.8 Å². The maximum atomic E-state index is 13.4. The summed E-state index contributed by atoms with van der Waals surface area (Å²) in [5.41, 5.74) is 3.82. The molecular weight excluding hydrogens is 552 g/mol. The highest BCUT2D eigenvalue weighted by molar-refractivity contribution is 5.91. The van der Waals surface area contributed by atoms with Crippen molar-refractivity contribution in [2.24, 2.45) is 34.3 Å². The van der Waals surface area contributed by atoms with Gasteiger partial charge < -0.3 is 30.3 Å². The van der Waals surface area contributed by atoms with E-state index in [1.165, 1.54) is 0 Å². The number of esters is 2. The number of Topliss-reactive ketones (excluding diaryl/α,β-unsaturated/α-hetero) is 2. The number of allylic oxidation sites excluding steroid dienone is 2. The predicted octanol–water partition coefficient (Wildman–Crippen LogP) is 1.58. The highest BCUT2D eigenvalue weighted by Crippen LogP contribution is 2.67. The third kappa shape index (κ3) is 5.96. The van der Waals surface area contributed by atoms with Crippen LogP contribution in [0, 0.1) is 38.7 Å². The van der Waals surface area contributed by atoms with Crippen molar-refractivity contribution in [2.45, 2.75) is 95.8 Å². The largest absolute Gasteiger partial charge is 0.465 e. The number of ketones is 2. The monoisotopic (exact) mass is 594 g/mol. The molecule has 0 aliphatic heterocycles. The Hall–Kier alpha value is -2.90. The molecule has 4 aliphatic carbocycles. The number of aliphatic hydroxyl groups is 2. The molecule has 13 nitrogen and oxygen atoms in total. The van der Waals surface area contributed by atoms with Gasteiger partial charge in [-0.05, 0) is 68.1 Å². The molecule has 0 saturated heterocycles. The second-order valence-electron chi connectivity index (χ2n) is 12.8. The SMILES string of the molecule is C[C@]12CCC(=O)CC1=CC[C@@H]1[C@@H]2[C@@H](O)C[C@@]2(C)[C@H]1CC[C@]2(O)C(=O)COC(=O)CC(N)C(=O)OCCCCO[N+](=O)[O-]. The molecule has 4 rings (SSSR count). The first kappa shape index (κ1) is 32.0.